The zero-order valence-corrected chi connectivity index (χ0v) is 25.4. The molecule has 41 heavy (non-hydrogen) atoms. The minimum absolute atomic E-state index is 0.0302. The van der Waals surface area contributed by atoms with Crippen molar-refractivity contribution in [2.75, 3.05) is 0 Å². The van der Waals surface area contributed by atoms with Gasteiger partial charge in [0.15, 0.2) is 5.60 Å². The SMILES string of the molecule is CC[C@@]1(O)C(=O)OCc2c1cc1n(c2=O)Cc2c-1nc1cc(F)c(Br)c3c1c2[C@H](NC(=O)C[C@@H](C)C(C)(C)C)CC3. The molecule has 10 heteroatoms. The molecule has 0 spiro atoms. The molecule has 0 unspecified atom stereocenters. The van der Waals surface area contributed by atoms with Crippen LogP contribution in [-0.2, 0) is 39.5 Å². The summed E-state index contributed by atoms with van der Waals surface area (Å²) < 4.78 is 22.2. The van der Waals surface area contributed by atoms with Crippen LogP contribution >= 0.6 is 15.9 Å². The number of hydrogen-bond donors (Lipinski definition) is 2. The van der Waals surface area contributed by atoms with E-state index in [1.165, 1.54) is 6.07 Å². The van der Waals surface area contributed by atoms with E-state index < -0.39 is 17.4 Å². The van der Waals surface area contributed by atoms with Gasteiger partial charge in [-0.2, -0.15) is 0 Å². The summed E-state index contributed by atoms with van der Waals surface area (Å²) in [6.07, 6.45) is 1.52. The number of hydrogen-bond acceptors (Lipinski definition) is 6. The largest absolute Gasteiger partial charge is 0.458 e. The Bertz CT molecular complexity index is 1730. The third-order valence-corrected chi connectivity index (χ3v) is 10.2. The normalized spacial score (nSPS) is 21.7. The highest BCUT2D eigenvalue weighted by Gasteiger charge is 2.46. The van der Waals surface area contributed by atoms with Crippen LogP contribution in [0.25, 0.3) is 22.3 Å². The lowest BCUT2D eigenvalue weighted by atomic mass is 9.79. The summed E-state index contributed by atoms with van der Waals surface area (Å²) in [6, 6.07) is 2.67. The summed E-state index contributed by atoms with van der Waals surface area (Å²) in [7, 11) is 0. The second kappa shape index (κ2) is 9.46. The number of carbonyl (C=O) groups excluding carboxylic acids is 2. The summed E-state index contributed by atoms with van der Waals surface area (Å²) in [5.41, 5.74) is 1.89. The van der Waals surface area contributed by atoms with Gasteiger partial charge in [0, 0.05) is 29.0 Å². The number of rotatable bonds is 4. The summed E-state index contributed by atoms with van der Waals surface area (Å²) >= 11 is 3.43. The lowest BCUT2D eigenvalue weighted by molar-refractivity contribution is -0.172. The van der Waals surface area contributed by atoms with Crippen molar-refractivity contribution in [3.8, 4) is 11.4 Å². The molecular weight excluding hydrogens is 593 g/mol. The molecular formula is C31H33BrFN3O5. The topological polar surface area (TPSA) is 111 Å². The van der Waals surface area contributed by atoms with Crippen molar-refractivity contribution in [2.24, 2.45) is 11.3 Å². The second-order valence-corrected chi connectivity index (χ2v) is 13.4. The predicted octanol–water partition coefficient (Wildman–Crippen LogP) is 5.16. The first-order chi connectivity index (χ1) is 19.3. The molecule has 1 amide bonds. The lowest BCUT2D eigenvalue weighted by Crippen LogP contribution is -2.44. The molecule has 216 valence electrons. The number of nitrogens with one attached hydrogen (secondary N) is 1. The van der Waals surface area contributed by atoms with E-state index in [-0.39, 0.29) is 59.5 Å². The number of esters is 1. The maximum Gasteiger partial charge on any atom is 0.343 e. The molecule has 3 atom stereocenters. The average Bonchev–Trinajstić information content (AvgIpc) is 3.28. The summed E-state index contributed by atoms with van der Waals surface area (Å²) in [6.45, 7) is 10.0. The van der Waals surface area contributed by atoms with Crippen LogP contribution in [0.4, 0.5) is 4.39 Å². The van der Waals surface area contributed by atoms with Gasteiger partial charge < -0.3 is 19.7 Å². The fourth-order valence-electron chi connectivity index (χ4n) is 6.34. The van der Waals surface area contributed by atoms with Gasteiger partial charge in [0.2, 0.25) is 5.91 Å². The zero-order valence-electron chi connectivity index (χ0n) is 23.8. The van der Waals surface area contributed by atoms with E-state index in [2.05, 4.69) is 48.9 Å². The number of carbonyl (C=O) groups is 2. The van der Waals surface area contributed by atoms with Gasteiger partial charge in [-0.25, -0.2) is 14.2 Å². The minimum Gasteiger partial charge on any atom is -0.458 e. The Morgan fingerprint density at radius 2 is 2.02 bits per heavy atom. The fourth-order valence-corrected chi connectivity index (χ4v) is 6.85. The Kier molecular flexibility index (Phi) is 6.46. The van der Waals surface area contributed by atoms with Crippen molar-refractivity contribution in [1.29, 1.82) is 0 Å². The Morgan fingerprint density at radius 3 is 2.71 bits per heavy atom. The Morgan fingerprint density at radius 1 is 1.29 bits per heavy atom. The number of halogens is 2. The highest BCUT2D eigenvalue weighted by atomic mass is 79.9. The molecule has 2 aromatic heterocycles. The van der Waals surface area contributed by atoms with Gasteiger partial charge in [0.05, 0.1) is 39.5 Å². The molecule has 3 aliphatic rings. The van der Waals surface area contributed by atoms with Crippen LogP contribution in [0.3, 0.4) is 0 Å². The molecule has 3 aromatic rings. The van der Waals surface area contributed by atoms with E-state index in [1.807, 2.05) is 0 Å². The number of ether oxygens (including phenoxy) is 1. The van der Waals surface area contributed by atoms with Gasteiger partial charge >= 0.3 is 5.97 Å². The van der Waals surface area contributed by atoms with Crippen molar-refractivity contribution in [3.63, 3.8) is 0 Å². The Labute approximate surface area is 245 Å². The number of aromatic nitrogens is 2. The molecule has 1 aromatic carbocycles. The number of pyridine rings is 2. The number of benzene rings is 1. The van der Waals surface area contributed by atoms with E-state index in [9.17, 15) is 19.5 Å². The minimum atomic E-state index is -1.94. The molecule has 4 heterocycles. The molecule has 0 radical (unpaired) electrons. The van der Waals surface area contributed by atoms with Crippen LogP contribution in [-0.4, -0.2) is 26.5 Å². The number of cyclic esters (lactones) is 1. The van der Waals surface area contributed by atoms with E-state index in [4.69, 9.17) is 9.72 Å². The molecule has 1 aliphatic carbocycles. The van der Waals surface area contributed by atoms with Crippen molar-refractivity contribution in [3.05, 3.63) is 60.6 Å². The van der Waals surface area contributed by atoms with Crippen LogP contribution in [0, 0.1) is 17.2 Å². The van der Waals surface area contributed by atoms with Gasteiger partial charge in [-0.05, 0) is 63.7 Å². The molecule has 0 bridgehead atoms. The van der Waals surface area contributed by atoms with Gasteiger partial charge in [-0.15, -0.1) is 0 Å². The third kappa shape index (κ3) is 4.16. The van der Waals surface area contributed by atoms with Crippen LogP contribution in [0.2, 0.25) is 0 Å². The van der Waals surface area contributed by atoms with Crippen LogP contribution < -0.4 is 10.9 Å². The molecule has 0 fully saturated rings. The second-order valence-electron chi connectivity index (χ2n) is 12.6. The standard InChI is InChI=1S/C31H33BrFN3O5/c1-6-31(40)18-10-22-27-16(12-36(22)28(38)17(18)13-41-29(31)39)25-20(34-23(37)9-14(2)30(3,4)5)8-7-15-24(25)21(35-27)11-19(33)26(15)32/h10-11,14,20,40H,6-9,12-13H2,1-5H3,(H,34,37)/t14-,20-,31+/m1/s1. The molecule has 8 nitrogen and oxygen atoms in total. The highest BCUT2D eigenvalue weighted by molar-refractivity contribution is 9.10. The van der Waals surface area contributed by atoms with Crippen molar-refractivity contribution in [2.45, 2.75) is 85.1 Å². The molecule has 0 saturated carbocycles. The van der Waals surface area contributed by atoms with Crippen molar-refractivity contribution >= 4 is 38.7 Å². The number of amides is 1. The monoisotopic (exact) mass is 625 g/mol. The molecule has 6 rings (SSSR count). The average molecular weight is 627 g/mol. The Balaban J connectivity index is 1.54. The molecule has 2 N–H and O–H groups in total. The van der Waals surface area contributed by atoms with Gasteiger partial charge in [0.1, 0.15) is 12.4 Å². The van der Waals surface area contributed by atoms with Crippen molar-refractivity contribution in [1.82, 2.24) is 14.9 Å². The fraction of sp³-hybridized carbons (Fsp3) is 0.484. The smallest absolute Gasteiger partial charge is 0.343 e. The first-order valence-corrected chi connectivity index (χ1v) is 14.8. The maximum absolute atomic E-state index is 15.0. The van der Waals surface area contributed by atoms with E-state index >= 15 is 4.39 Å². The quantitative estimate of drug-likeness (QED) is 0.303. The number of nitrogens with zero attached hydrogens (tertiary/aromatic N) is 2. The first kappa shape index (κ1) is 28.0. The van der Waals surface area contributed by atoms with Gasteiger partial charge in [-0.3, -0.25) is 9.59 Å². The predicted molar refractivity (Wildman–Crippen MR) is 155 cm³/mol. The summed E-state index contributed by atoms with van der Waals surface area (Å²) in [4.78, 5) is 44.4. The maximum atomic E-state index is 15.0. The summed E-state index contributed by atoms with van der Waals surface area (Å²) in [5, 5.41) is 15.2. The Hall–Kier alpha value is -3.11. The van der Waals surface area contributed by atoms with Gasteiger partial charge in [-0.1, -0.05) is 34.6 Å². The van der Waals surface area contributed by atoms with Crippen LogP contribution in [0.5, 0.6) is 0 Å². The van der Waals surface area contributed by atoms with E-state index in [0.717, 1.165) is 22.1 Å². The first-order valence-electron chi connectivity index (χ1n) is 14.1. The zero-order chi connectivity index (χ0) is 29.6. The number of fused-ring (bicyclic) bond motifs is 5. The molecule has 0 saturated heterocycles. The van der Waals surface area contributed by atoms with Crippen LogP contribution in [0.1, 0.15) is 87.7 Å². The lowest BCUT2D eigenvalue weighted by Gasteiger charge is -2.31. The van der Waals surface area contributed by atoms with E-state index in [0.29, 0.717) is 40.6 Å². The van der Waals surface area contributed by atoms with Crippen LogP contribution in [0.15, 0.2) is 21.4 Å². The van der Waals surface area contributed by atoms with E-state index in [1.54, 1.807) is 17.6 Å². The van der Waals surface area contributed by atoms with Gasteiger partial charge in [0.25, 0.3) is 5.56 Å². The highest BCUT2D eigenvalue weighted by Crippen LogP contribution is 2.47. The summed E-state index contributed by atoms with van der Waals surface area (Å²) in [5.74, 6) is -1.13. The van der Waals surface area contributed by atoms with Crippen molar-refractivity contribution < 1.29 is 23.8 Å². The molecule has 2 aliphatic heterocycles. The number of aliphatic hydroxyl groups is 1. The number of aryl methyl sites for hydroxylation is 1. The third-order valence-electron chi connectivity index (χ3n) is 9.35.